The highest BCUT2D eigenvalue weighted by Crippen LogP contribution is 2.17. The molecule has 0 saturated carbocycles. The molecule has 0 bridgehead atoms. The molecular formula is C16H25N5OS. The van der Waals surface area contributed by atoms with Gasteiger partial charge in [0.15, 0.2) is 0 Å². The summed E-state index contributed by atoms with van der Waals surface area (Å²) in [5.74, 6) is 0. The van der Waals surface area contributed by atoms with Crippen LogP contribution in [0.25, 0.3) is 0 Å². The van der Waals surface area contributed by atoms with Crippen LogP contribution in [-0.2, 0) is 19.5 Å². The lowest BCUT2D eigenvalue weighted by Gasteiger charge is -2.13. The average Bonchev–Trinajstić information content (AvgIpc) is 3.10. The predicted molar refractivity (Wildman–Crippen MR) is 92.7 cm³/mol. The van der Waals surface area contributed by atoms with E-state index in [1.807, 2.05) is 30.8 Å². The van der Waals surface area contributed by atoms with Crippen LogP contribution in [0.5, 0.6) is 0 Å². The van der Waals surface area contributed by atoms with Crippen LogP contribution in [0.15, 0.2) is 5.38 Å². The largest absolute Gasteiger partial charge is 0.334 e. The molecule has 7 heteroatoms. The second-order valence-electron chi connectivity index (χ2n) is 5.53. The molecule has 0 unspecified atom stereocenters. The maximum absolute atomic E-state index is 12.1. The third-order valence-electron chi connectivity index (χ3n) is 3.92. The summed E-state index contributed by atoms with van der Waals surface area (Å²) < 4.78 is 1.95. The smallest absolute Gasteiger partial charge is 0.315 e. The van der Waals surface area contributed by atoms with Crippen LogP contribution in [0.1, 0.15) is 54.5 Å². The molecule has 2 rings (SSSR count). The zero-order valence-electron chi connectivity index (χ0n) is 14.4. The molecule has 6 nitrogen and oxygen atoms in total. The van der Waals surface area contributed by atoms with Gasteiger partial charge in [-0.1, -0.05) is 6.92 Å². The van der Waals surface area contributed by atoms with Crippen LogP contribution < -0.4 is 10.6 Å². The molecule has 0 aromatic carbocycles. The molecule has 0 saturated heterocycles. The number of hydrogen-bond donors (Lipinski definition) is 2. The fourth-order valence-corrected chi connectivity index (χ4v) is 3.31. The van der Waals surface area contributed by atoms with E-state index in [1.165, 1.54) is 0 Å². The first-order valence-corrected chi connectivity index (χ1v) is 8.85. The molecular weight excluding hydrogens is 310 g/mol. The van der Waals surface area contributed by atoms with E-state index in [1.54, 1.807) is 11.3 Å². The third kappa shape index (κ3) is 4.10. The maximum Gasteiger partial charge on any atom is 0.315 e. The van der Waals surface area contributed by atoms with Gasteiger partial charge in [-0.15, -0.1) is 11.3 Å². The average molecular weight is 335 g/mol. The quantitative estimate of drug-likeness (QED) is 0.852. The van der Waals surface area contributed by atoms with E-state index in [9.17, 15) is 4.79 Å². The number of aromatic nitrogens is 3. The summed E-state index contributed by atoms with van der Waals surface area (Å²) in [6.45, 7) is 11.4. The molecule has 0 spiro atoms. The van der Waals surface area contributed by atoms with Crippen molar-refractivity contribution < 1.29 is 4.79 Å². The Morgan fingerprint density at radius 1 is 1.39 bits per heavy atom. The number of carbonyl (C=O) groups is 1. The van der Waals surface area contributed by atoms with E-state index in [0.717, 1.165) is 40.6 Å². The molecule has 2 N–H and O–H groups in total. The summed E-state index contributed by atoms with van der Waals surface area (Å²) in [7, 11) is 0. The summed E-state index contributed by atoms with van der Waals surface area (Å²) in [5, 5.41) is 13.4. The first-order valence-electron chi connectivity index (χ1n) is 7.97. The Morgan fingerprint density at radius 2 is 2.13 bits per heavy atom. The van der Waals surface area contributed by atoms with E-state index in [0.29, 0.717) is 6.54 Å². The normalized spacial score (nSPS) is 12.2. The van der Waals surface area contributed by atoms with Gasteiger partial charge in [0.2, 0.25) is 0 Å². The first kappa shape index (κ1) is 17.5. The molecule has 2 aromatic heterocycles. The summed E-state index contributed by atoms with van der Waals surface area (Å²) in [6.07, 6.45) is 0.920. The van der Waals surface area contributed by atoms with Crippen LogP contribution in [0.4, 0.5) is 4.79 Å². The number of nitrogens with zero attached hydrogens (tertiary/aromatic N) is 3. The lowest BCUT2D eigenvalue weighted by molar-refractivity contribution is 0.237. The molecule has 126 valence electrons. The highest BCUT2D eigenvalue weighted by molar-refractivity contribution is 7.09. The van der Waals surface area contributed by atoms with Crippen molar-refractivity contribution in [2.45, 2.75) is 60.2 Å². The van der Waals surface area contributed by atoms with Crippen molar-refractivity contribution in [2.24, 2.45) is 0 Å². The zero-order chi connectivity index (χ0) is 17.0. The van der Waals surface area contributed by atoms with Gasteiger partial charge in [0.25, 0.3) is 0 Å². The van der Waals surface area contributed by atoms with Crippen molar-refractivity contribution >= 4 is 17.4 Å². The Labute approximate surface area is 141 Å². The molecule has 0 fully saturated rings. The van der Waals surface area contributed by atoms with Crippen molar-refractivity contribution in [1.82, 2.24) is 25.4 Å². The fraction of sp³-hybridized carbons (Fsp3) is 0.562. The van der Waals surface area contributed by atoms with Crippen LogP contribution in [0.2, 0.25) is 0 Å². The zero-order valence-corrected chi connectivity index (χ0v) is 15.3. The van der Waals surface area contributed by atoms with Crippen LogP contribution in [-0.4, -0.2) is 20.8 Å². The van der Waals surface area contributed by atoms with E-state index < -0.39 is 0 Å². The molecule has 23 heavy (non-hydrogen) atoms. The fourth-order valence-electron chi connectivity index (χ4n) is 2.47. The Morgan fingerprint density at radius 3 is 2.70 bits per heavy atom. The Bertz CT molecular complexity index is 676. The summed E-state index contributed by atoms with van der Waals surface area (Å²) in [5.41, 5.74) is 4.06. The monoisotopic (exact) mass is 335 g/mol. The van der Waals surface area contributed by atoms with Gasteiger partial charge in [-0.3, -0.25) is 4.68 Å². The second-order valence-corrected chi connectivity index (χ2v) is 6.48. The van der Waals surface area contributed by atoms with Gasteiger partial charge >= 0.3 is 6.03 Å². The second kappa shape index (κ2) is 7.59. The van der Waals surface area contributed by atoms with Gasteiger partial charge in [0.1, 0.15) is 0 Å². The van der Waals surface area contributed by atoms with Gasteiger partial charge in [-0.05, 0) is 34.1 Å². The van der Waals surface area contributed by atoms with E-state index >= 15 is 0 Å². The number of carbonyl (C=O) groups excluding carboxylic acids is 1. The lowest BCUT2D eigenvalue weighted by Crippen LogP contribution is -2.37. The summed E-state index contributed by atoms with van der Waals surface area (Å²) in [6, 6.07) is -0.293. The molecule has 1 atom stereocenters. The minimum atomic E-state index is -0.188. The van der Waals surface area contributed by atoms with Crippen molar-refractivity contribution in [1.29, 1.82) is 0 Å². The van der Waals surface area contributed by atoms with Crippen molar-refractivity contribution in [3.8, 4) is 0 Å². The number of amides is 2. The molecule has 0 aliphatic rings. The van der Waals surface area contributed by atoms with Crippen molar-refractivity contribution in [2.75, 3.05) is 0 Å². The Hall–Kier alpha value is -1.89. The summed E-state index contributed by atoms with van der Waals surface area (Å²) >= 11 is 1.63. The van der Waals surface area contributed by atoms with Crippen LogP contribution >= 0.6 is 11.3 Å². The highest BCUT2D eigenvalue weighted by atomic mass is 32.1. The molecule has 2 amide bonds. The van der Waals surface area contributed by atoms with Crippen LogP contribution in [0, 0.1) is 13.8 Å². The minimum absolute atomic E-state index is 0.105. The first-order chi connectivity index (χ1) is 11.0. The lowest BCUT2D eigenvalue weighted by atomic mass is 10.2. The SMILES string of the molecule is CCc1nc([C@@H](C)NC(=O)NCc2c(C)nn(CC)c2C)cs1. The number of hydrogen-bond acceptors (Lipinski definition) is 4. The minimum Gasteiger partial charge on any atom is -0.334 e. The van der Waals surface area contributed by atoms with E-state index in [4.69, 9.17) is 0 Å². The van der Waals surface area contributed by atoms with Gasteiger partial charge in [0.05, 0.1) is 22.4 Å². The molecule has 0 aliphatic heterocycles. The topological polar surface area (TPSA) is 71.8 Å². The summed E-state index contributed by atoms with van der Waals surface area (Å²) in [4.78, 5) is 16.6. The number of nitrogens with one attached hydrogen (secondary N) is 2. The van der Waals surface area contributed by atoms with Gasteiger partial charge < -0.3 is 10.6 Å². The number of thiazole rings is 1. The van der Waals surface area contributed by atoms with Crippen LogP contribution in [0.3, 0.4) is 0 Å². The highest BCUT2D eigenvalue weighted by Gasteiger charge is 2.14. The third-order valence-corrected chi connectivity index (χ3v) is 4.93. The molecule has 0 radical (unpaired) electrons. The van der Waals surface area contributed by atoms with E-state index in [2.05, 4.69) is 34.6 Å². The van der Waals surface area contributed by atoms with Crippen molar-refractivity contribution in [3.05, 3.63) is 33.0 Å². The standard InChI is InChI=1S/C16H25N5OS/c1-6-15-19-14(9-23-15)11(4)18-16(22)17-8-13-10(3)20-21(7-2)12(13)5/h9,11H,6-8H2,1-5H3,(H2,17,18,22)/t11-/m1/s1. The number of rotatable bonds is 6. The molecule has 2 heterocycles. The number of aryl methyl sites for hydroxylation is 3. The van der Waals surface area contributed by atoms with Gasteiger partial charge in [-0.2, -0.15) is 5.10 Å². The van der Waals surface area contributed by atoms with Crippen molar-refractivity contribution in [3.63, 3.8) is 0 Å². The Balaban J connectivity index is 1.91. The Kier molecular flexibility index (Phi) is 5.76. The van der Waals surface area contributed by atoms with E-state index in [-0.39, 0.29) is 12.1 Å². The van der Waals surface area contributed by atoms with Gasteiger partial charge in [-0.25, -0.2) is 9.78 Å². The molecule has 0 aliphatic carbocycles. The molecule has 2 aromatic rings. The predicted octanol–water partition coefficient (Wildman–Crippen LogP) is 3.10. The number of urea groups is 1. The van der Waals surface area contributed by atoms with Gasteiger partial charge in [0, 0.05) is 29.7 Å². The maximum atomic E-state index is 12.1.